The molecule has 0 aliphatic carbocycles. The van der Waals surface area contributed by atoms with Gasteiger partial charge in [-0.3, -0.25) is 14.3 Å². The van der Waals surface area contributed by atoms with E-state index >= 15 is 0 Å². The smallest absolute Gasteiger partial charge is 0.330 e. The Bertz CT molecular complexity index is 839. The van der Waals surface area contributed by atoms with Crippen LogP contribution in [0.4, 0.5) is 0 Å². The van der Waals surface area contributed by atoms with Gasteiger partial charge in [-0.05, 0) is 41.0 Å². The van der Waals surface area contributed by atoms with E-state index in [9.17, 15) is 9.59 Å². The summed E-state index contributed by atoms with van der Waals surface area (Å²) in [5.74, 6) is 0. The van der Waals surface area contributed by atoms with E-state index in [4.69, 9.17) is 20.4 Å². The molecule has 1 aromatic heterocycles. The fourth-order valence-corrected chi connectivity index (χ4v) is 5.30. The quantitative estimate of drug-likeness (QED) is 0.341. The molecule has 0 amide bonds. The van der Waals surface area contributed by atoms with Crippen molar-refractivity contribution < 1.29 is 13.8 Å². The fraction of sp³-hybridized carbons (Fsp3) is 0.750. The number of nitrogens with one attached hydrogen (secondary N) is 1. The topological polar surface area (TPSA) is 90.2 Å². The van der Waals surface area contributed by atoms with Gasteiger partial charge in [0.25, 0.3) is 14.1 Å². The highest BCUT2D eigenvalue weighted by atomic mass is 31.2. The molecule has 9 nitrogen and oxygen atoms in total. The summed E-state index contributed by atoms with van der Waals surface area (Å²) >= 11 is 0. The number of hydrogen-bond acceptors (Lipinski definition) is 6. The highest BCUT2D eigenvalue weighted by Crippen LogP contribution is 2.50. The summed E-state index contributed by atoms with van der Waals surface area (Å²) in [4.78, 5) is 29.7. The first kappa shape index (κ1) is 24.7. The summed E-state index contributed by atoms with van der Waals surface area (Å²) in [6, 6.07) is 0.401. The first-order chi connectivity index (χ1) is 14.2. The molecular formula is C20H33N4O5P. The van der Waals surface area contributed by atoms with Crippen molar-refractivity contribution in [2.24, 2.45) is 0 Å². The zero-order chi connectivity index (χ0) is 22.4. The molecule has 30 heavy (non-hydrogen) atoms. The highest BCUT2D eigenvalue weighted by Gasteiger charge is 2.40. The number of nitrogens with zero attached hydrogens (tertiary/aromatic N) is 3. The third-order valence-corrected chi connectivity index (χ3v) is 7.07. The monoisotopic (exact) mass is 440 g/mol. The average Bonchev–Trinajstić information content (AvgIpc) is 3.06. The lowest BCUT2D eigenvalue weighted by atomic mass is 10.1. The Morgan fingerprint density at radius 1 is 1.37 bits per heavy atom. The Hall–Kier alpha value is -1.56. The third-order valence-electron chi connectivity index (χ3n) is 4.92. The normalized spacial score (nSPS) is 22.7. The van der Waals surface area contributed by atoms with E-state index in [1.165, 1.54) is 10.8 Å². The van der Waals surface area contributed by atoms with E-state index in [2.05, 4.69) is 42.2 Å². The van der Waals surface area contributed by atoms with Gasteiger partial charge in [0.15, 0.2) is 0 Å². The molecule has 0 saturated carbocycles. The van der Waals surface area contributed by atoms with Crippen LogP contribution in [-0.2, 0) is 13.8 Å². The van der Waals surface area contributed by atoms with Gasteiger partial charge in [-0.1, -0.05) is 6.92 Å². The lowest BCUT2D eigenvalue weighted by Crippen LogP contribution is -2.36. The van der Waals surface area contributed by atoms with Gasteiger partial charge in [-0.2, -0.15) is 0 Å². The second kappa shape index (κ2) is 11.2. The Balaban J connectivity index is 2.24. The van der Waals surface area contributed by atoms with Gasteiger partial charge in [-0.25, -0.2) is 16.0 Å². The van der Waals surface area contributed by atoms with Crippen molar-refractivity contribution in [3.63, 3.8) is 0 Å². The molecule has 1 aliphatic rings. The van der Waals surface area contributed by atoms with Crippen molar-refractivity contribution in [1.29, 1.82) is 0 Å². The SMILES string of the molecule is [C-]#[N+]CCOP(OC1C[C@H](n2cc(C)c(=O)[nH]c2=O)O[C@@H]1CC)N(C(C)C)C(C)C. The maximum absolute atomic E-state index is 12.3. The molecule has 1 aromatic rings. The van der Waals surface area contributed by atoms with Crippen LogP contribution in [0.1, 0.15) is 59.3 Å². The summed E-state index contributed by atoms with van der Waals surface area (Å²) in [6.45, 7) is 19.6. The van der Waals surface area contributed by atoms with Crippen molar-refractivity contribution in [2.45, 2.75) is 84.9 Å². The van der Waals surface area contributed by atoms with Crippen LogP contribution in [-0.4, -0.2) is 51.7 Å². The first-order valence-electron chi connectivity index (χ1n) is 10.4. The van der Waals surface area contributed by atoms with Gasteiger partial charge < -0.3 is 18.6 Å². The molecule has 2 unspecified atom stereocenters. The van der Waals surface area contributed by atoms with Crippen LogP contribution in [0.2, 0.25) is 0 Å². The lowest BCUT2D eigenvalue weighted by Gasteiger charge is -2.37. The number of rotatable bonds is 10. The highest BCUT2D eigenvalue weighted by molar-refractivity contribution is 7.44. The summed E-state index contributed by atoms with van der Waals surface area (Å²) in [5.41, 5.74) is -0.436. The summed E-state index contributed by atoms with van der Waals surface area (Å²) < 4.78 is 22.2. The molecule has 0 bridgehead atoms. The second-order valence-electron chi connectivity index (χ2n) is 7.92. The van der Waals surface area contributed by atoms with Crippen LogP contribution in [0.15, 0.2) is 15.8 Å². The number of aromatic nitrogens is 2. The van der Waals surface area contributed by atoms with Gasteiger partial charge in [0, 0.05) is 30.3 Å². The molecule has 1 N–H and O–H groups in total. The Kier molecular flexibility index (Phi) is 9.20. The molecule has 2 rings (SSSR count). The fourth-order valence-electron chi connectivity index (χ4n) is 3.55. The van der Waals surface area contributed by atoms with Gasteiger partial charge in [0.2, 0.25) is 6.54 Å². The molecule has 0 spiro atoms. The average molecular weight is 440 g/mol. The predicted molar refractivity (Wildman–Crippen MR) is 116 cm³/mol. The minimum atomic E-state index is -1.40. The maximum atomic E-state index is 12.3. The lowest BCUT2D eigenvalue weighted by molar-refractivity contribution is -0.0201. The van der Waals surface area contributed by atoms with Crippen LogP contribution in [0.25, 0.3) is 4.85 Å². The number of aromatic amines is 1. The standard InChI is InChI=1S/C20H33N4O5P/c1-8-16-17(11-18(28-16)23-12-15(6)19(25)22-20(23)26)29-30(27-10-9-21-7)24(13(2)3)14(4)5/h12-14,16-18H,8-11H2,1-6H3,(H,22,25,26)/t16-,17?,18-,30?/m1/s1. The minimum absolute atomic E-state index is 0.201. The first-order valence-corrected chi connectivity index (χ1v) is 11.5. The van der Waals surface area contributed by atoms with E-state index in [0.29, 0.717) is 25.0 Å². The van der Waals surface area contributed by atoms with Gasteiger partial charge in [0.1, 0.15) is 12.8 Å². The maximum Gasteiger partial charge on any atom is 0.330 e. The van der Waals surface area contributed by atoms with E-state index in [-0.39, 0.29) is 30.8 Å². The number of ether oxygens (including phenoxy) is 1. The zero-order valence-corrected chi connectivity index (χ0v) is 19.5. The number of aryl methyl sites for hydroxylation is 1. The molecule has 1 aliphatic heterocycles. The van der Waals surface area contributed by atoms with Crippen LogP contribution in [0, 0.1) is 13.5 Å². The molecule has 10 heteroatoms. The Labute approximate surface area is 179 Å². The molecule has 1 fully saturated rings. The molecule has 2 heterocycles. The summed E-state index contributed by atoms with van der Waals surface area (Å²) in [7, 11) is -1.40. The van der Waals surface area contributed by atoms with Gasteiger partial charge in [-0.15, -0.1) is 0 Å². The predicted octanol–water partition coefficient (Wildman–Crippen LogP) is 3.21. The van der Waals surface area contributed by atoms with Crippen molar-refractivity contribution in [2.75, 3.05) is 13.2 Å². The van der Waals surface area contributed by atoms with Gasteiger partial charge in [0.05, 0.1) is 12.2 Å². The van der Waals surface area contributed by atoms with Crippen molar-refractivity contribution >= 4 is 8.53 Å². The second-order valence-corrected chi connectivity index (χ2v) is 9.32. The van der Waals surface area contributed by atoms with Crippen LogP contribution in [0.3, 0.4) is 0 Å². The zero-order valence-electron chi connectivity index (χ0n) is 18.6. The Morgan fingerprint density at radius 2 is 2.03 bits per heavy atom. The van der Waals surface area contributed by atoms with Crippen LogP contribution >= 0.6 is 8.53 Å². The van der Waals surface area contributed by atoms with Crippen molar-refractivity contribution in [3.05, 3.63) is 44.0 Å². The molecule has 0 radical (unpaired) electrons. The Morgan fingerprint density at radius 3 is 2.60 bits per heavy atom. The summed E-state index contributed by atoms with van der Waals surface area (Å²) in [6.07, 6.45) is 1.73. The number of hydrogen-bond donors (Lipinski definition) is 1. The summed E-state index contributed by atoms with van der Waals surface area (Å²) in [5, 5.41) is 0. The van der Waals surface area contributed by atoms with E-state index in [1.54, 1.807) is 6.92 Å². The van der Waals surface area contributed by atoms with Crippen molar-refractivity contribution in [3.8, 4) is 0 Å². The minimum Gasteiger partial charge on any atom is -0.352 e. The largest absolute Gasteiger partial charge is 0.352 e. The van der Waals surface area contributed by atoms with E-state index in [0.717, 1.165) is 0 Å². The molecular weight excluding hydrogens is 407 g/mol. The molecule has 4 atom stereocenters. The van der Waals surface area contributed by atoms with Gasteiger partial charge >= 0.3 is 5.69 Å². The van der Waals surface area contributed by atoms with Crippen LogP contribution in [0.5, 0.6) is 0 Å². The molecule has 1 saturated heterocycles. The number of H-pyrrole nitrogens is 1. The van der Waals surface area contributed by atoms with Crippen LogP contribution < -0.4 is 11.2 Å². The third kappa shape index (κ3) is 5.99. The molecule has 0 aromatic carbocycles. The van der Waals surface area contributed by atoms with Crippen molar-refractivity contribution in [1.82, 2.24) is 14.2 Å². The van der Waals surface area contributed by atoms with E-state index < -0.39 is 26.0 Å². The van der Waals surface area contributed by atoms with E-state index in [1.807, 2.05) is 6.92 Å². The molecule has 168 valence electrons.